The van der Waals surface area contributed by atoms with Crippen LogP contribution in [0.4, 0.5) is 11.4 Å². The molecule has 0 unspecified atom stereocenters. The molecular weight excluding hydrogens is 426 g/mol. The maximum absolute atomic E-state index is 12.2. The molecule has 0 aliphatic heterocycles. The molecular formula is C20H18BrN3O2S. The summed E-state index contributed by atoms with van der Waals surface area (Å²) in [6.07, 6.45) is 3.19. The lowest BCUT2D eigenvalue weighted by Crippen LogP contribution is -2.11. The number of carbonyl (C=O) groups excluding carboxylic acids is 1. The van der Waals surface area contributed by atoms with Crippen LogP contribution in [0.5, 0.6) is 5.75 Å². The molecule has 0 atom stereocenters. The Balaban J connectivity index is 1.62. The van der Waals surface area contributed by atoms with Crippen LogP contribution in [0, 0.1) is 0 Å². The van der Waals surface area contributed by atoms with Crippen LogP contribution in [0.1, 0.15) is 17.3 Å². The second-order valence-corrected chi connectivity index (χ2v) is 7.23. The molecule has 5 nitrogen and oxygen atoms in total. The zero-order chi connectivity index (χ0) is 19.1. The molecule has 0 radical (unpaired) electrons. The van der Waals surface area contributed by atoms with E-state index < -0.39 is 0 Å². The first-order valence-electron chi connectivity index (χ1n) is 8.32. The highest BCUT2D eigenvalue weighted by atomic mass is 79.9. The van der Waals surface area contributed by atoms with Crippen LogP contribution in [0.25, 0.3) is 0 Å². The summed E-state index contributed by atoms with van der Waals surface area (Å²) in [5.41, 5.74) is 2.25. The molecule has 0 saturated carbocycles. The third-order valence-electron chi connectivity index (χ3n) is 3.55. The standard InChI is InChI=1S/C20H18BrN3O2S/c1-2-26-19-7-6-16(13-18(19)21)24-27-17-5-3-4-15(12-17)23-20(25)14-8-10-22-11-9-14/h3-13,24H,2H2,1H3,(H,23,25). The zero-order valence-corrected chi connectivity index (χ0v) is 17.0. The minimum Gasteiger partial charge on any atom is -0.493 e. The lowest BCUT2D eigenvalue weighted by atomic mass is 10.2. The van der Waals surface area contributed by atoms with Crippen molar-refractivity contribution in [3.63, 3.8) is 0 Å². The second-order valence-electron chi connectivity index (χ2n) is 5.50. The van der Waals surface area contributed by atoms with Gasteiger partial charge in [-0.05, 0) is 83.3 Å². The molecule has 2 aromatic carbocycles. The van der Waals surface area contributed by atoms with Gasteiger partial charge in [-0.2, -0.15) is 0 Å². The molecule has 0 aliphatic rings. The first-order valence-corrected chi connectivity index (χ1v) is 9.93. The number of rotatable bonds is 7. The molecule has 0 aliphatic carbocycles. The highest BCUT2D eigenvalue weighted by Gasteiger charge is 2.07. The Hall–Kier alpha value is -2.51. The molecule has 1 amide bonds. The van der Waals surface area contributed by atoms with Crippen molar-refractivity contribution in [2.24, 2.45) is 0 Å². The topological polar surface area (TPSA) is 63.2 Å². The van der Waals surface area contributed by atoms with Crippen LogP contribution in [-0.4, -0.2) is 17.5 Å². The molecule has 1 heterocycles. The lowest BCUT2D eigenvalue weighted by molar-refractivity contribution is 0.102. The van der Waals surface area contributed by atoms with E-state index in [4.69, 9.17) is 4.74 Å². The number of aromatic nitrogens is 1. The smallest absolute Gasteiger partial charge is 0.255 e. The van der Waals surface area contributed by atoms with Gasteiger partial charge in [-0.25, -0.2) is 0 Å². The highest BCUT2D eigenvalue weighted by Crippen LogP contribution is 2.31. The van der Waals surface area contributed by atoms with Crippen molar-refractivity contribution in [3.05, 3.63) is 77.0 Å². The number of pyridine rings is 1. The minimum absolute atomic E-state index is 0.164. The average Bonchev–Trinajstić information content (AvgIpc) is 2.69. The van der Waals surface area contributed by atoms with Gasteiger partial charge in [0.15, 0.2) is 0 Å². The second kappa shape index (κ2) is 9.43. The van der Waals surface area contributed by atoms with Gasteiger partial charge in [0, 0.05) is 34.2 Å². The van der Waals surface area contributed by atoms with Gasteiger partial charge >= 0.3 is 0 Å². The summed E-state index contributed by atoms with van der Waals surface area (Å²) in [5.74, 6) is 0.650. The van der Waals surface area contributed by atoms with Gasteiger partial charge < -0.3 is 14.8 Å². The fourth-order valence-corrected chi connectivity index (χ4v) is 3.49. The summed E-state index contributed by atoms with van der Waals surface area (Å²) in [6.45, 7) is 2.58. The van der Waals surface area contributed by atoms with Gasteiger partial charge in [0.25, 0.3) is 5.91 Å². The number of hydrogen-bond donors (Lipinski definition) is 2. The Morgan fingerprint density at radius 1 is 1.11 bits per heavy atom. The van der Waals surface area contributed by atoms with Crippen molar-refractivity contribution in [2.75, 3.05) is 16.6 Å². The molecule has 3 aromatic rings. The lowest BCUT2D eigenvalue weighted by Gasteiger charge is -2.10. The Kier molecular flexibility index (Phi) is 6.73. The molecule has 0 saturated heterocycles. The van der Waals surface area contributed by atoms with Crippen molar-refractivity contribution in [2.45, 2.75) is 11.8 Å². The zero-order valence-electron chi connectivity index (χ0n) is 14.6. The number of amides is 1. The van der Waals surface area contributed by atoms with E-state index in [1.165, 1.54) is 11.9 Å². The predicted molar refractivity (Wildman–Crippen MR) is 113 cm³/mol. The van der Waals surface area contributed by atoms with Crippen LogP contribution in [-0.2, 0) is 0 Å². The van der Waals surface area contributed by atoms with Gasteiger partial charge in [0.2, 0.25) is 0 Å². The van der Waals surface area contributed by atoms with E-state index in [1.54, 1.807) is 24.5 Å². The quantitative estimate of drug-likeness (QED) is 0.464. The Labute approximate surface area is 170 Å². The summed E-state index contributed by atoms with van der Waals surface area (Å²) in [4.78, 5) is 17.1. The Morgan fingerprint density at radius 2 is 1.93 bits per heavy atom. The highest BCUT2D eigenvalue weighted by molar-refractivity contribution is 9.10. The van der Waals surface area contributed by atoms with E-state index in [2.05, 4.69) is 31.0 Å². The van der Waals surface area contributed by atoms with Gasteiger partial charge in [0.1, 0.15) is 5.75 Å². The number of nitrogens with zero attached hydrogens (tertiary/aromatic N) is 1. The molecule has 7 heteroatoms. The van der Waals surface area contributed by atoms with E-state index in [0.717, 1.165) is 26.5 Å². The molecule has 0 spiro atoms. The van der Waals surface area contributed by atoms with E-state index in [1.807, 2.05) is 49.4 Å². The van der Waals surface area contributed by atoms with Crippen molar-refractivity contribution in [1.29, 1.82) is 0 Å². The van der Waals surface area contributed by atoms with E-state index in [0.29, 0.717) is 12.2 Å². The molecule has 2 N–H and O–H groups in total. The van der Waals surface area contributed by atoms with E-state index in [9.17, 15) is 4.79 Å². The number of anilines is 2. The minimum atomic E-state index is -0.164. The van der Waals surface area contributed by atoms with Crippen LogP contribution < -0.4 is 14.8 Å². The average molecular weight is 444 g/mol. The van der Waals surface area contributed by atoms with Crippen molar-refractivity contribution >= 4 is 45.2 Å². The molecule has 138 valence electrons. The number of ether oxygens (including phenoxy) is 1. The van der Waals surface area contributed by atoms with E-state index >= 15 is 0 Å². The summed E-state index contributed by atoms with van der Waals surface area (Å²) >= 11 is 4.97. The van der Waals surface area contributed by atoms with Gasteiger partial charge in [-0.15, -0.1) is 0 Å². The maximum Gasteiger partial charge on any atom is 0.255 e. The largest absolute Gasteiger partial charge is 0.493 e. The SMILES string of the molecule is CCOc1ccc(NSc2cccc(NC(=O)c3ccncc3)c2)cc1Br. The predicted octanol–water partition coefficient (Wildman–Crippen LogP) is 5.61. The summed E-state index contributed by atoms with van der Waals surface area (Å²) in [5, 5.41) is 2.90. The van der Waals surface area contributed by atoms with Crippen molar-refractivity contribution < 1.29 is 9.53 Å². The Morgan fingerprint density at radius 3 is 2.67 bits per heavy atom. The Bertz CT molecular complexity index is 922. The molecule has 0 bridgehead atoms. The molecule has 27 heavy (non-hydrogen) atoms. The van der Waals surface area contributed by atoms with Gasteiger partial charge in [-0.1, -0.05) is 6.07 Å². The van der Waals surface area contributed by atoms with Crippen molar-refractivity contribution in [1.82, 2.24) is 4.98 Å². The number of hydrogen-bond acceptors (Lipinski definition) is 5. The summed E-state index contributed by atoms with van der Waals surface area (Å²) in [6, 6.07) is 16.9. The monoisotopic (exact) mass is 443 g/mol. The van der Waals surface area contributed by atoms with Crippen LogP contribution in [0.3, 0.4) is 0 Å². The molecule has 1 aromatic heterocycles. The van der Waals surface area contributed by atoms with Crippen molar-refractivity contribution in [3.8, 4) is 5.75 Å². The molecule has 3 rings (SSSR count). The third-order valence-corrected chi connectivity index (χ3v) is 5.00. The number of carbonyl (C=O) groups is 1. The fourth-order valence-electron chi connectivity index (χ4n) is 2.30. The fraction of sp³-hybridized carbons (Fsp3) is 0.100. The summed E-state index contributed by atoms with van der Waals surface area (Å²) < 4.78 is 9.71. The van der Waals surface area contributed by atoms with Crippen LogP contribution in [0.15, 0.2) is 76.4 Å². The van der Waals surface area contributed by atoms with E-state index in [-0.39, 0.29) is 5.91 Å². The first-order chi connectivity index (χ1) is 13.2. The first kappa shape index (κ1) is 19.3. The number of benzene rings is 2. The molecule has 0 fully saturated rings. The number of halogens is 1. The number of nitrogens with one attached hydrogen (secondary N) is 2. The van der Waals surface area contributed by atoms with Gasteiger partial charge in [-0.3, -0.25) is 9.78 Å². The third kappa shape index (κ3) is 5.48. The van der Waals surface area contributed by atoms with Crippen LogP contribution >= 0.6 is 27.9 Å². The van der Waals surface area contributed by atoms with Crippen LogP contribution in [0.2, 0.25) is 0 Å². The summed E-state index contributed by atoms with van der Waals surface area (Å²) in [7, 11) is 0. The maximum atomic E-state index is 12.2. The van der Waals surface area contributed by atoms with Gasteiger partial charge in [0.05, 0.1) is 11.1 Å². The normalized spacial score (nSPS) is 10.3.